The standard InChI is InChI=1S/C14H18N4O3/c1-9-15-6-4-11(16-9)17-13(21)18-7-10-3-2-5-14(10,8-18)12(19)20/h4,6,10H,2-3,5,7-8H2,1H3,(H,19,20)(H,15,16,17,21)/t10-,14+/m0/s1. The Kier molecular flexibility index (Phi) is 3.27. The molecule has 0 bridgehead atoms. The fourth-order valence-corrected chi connectivity index (χ4v) is 3.51. The highest BCUT2D eigenvalue weighted by atomic mass is 16.4. The molecular weight excluding hydrogens is 272 g/mol. The first kappa shape index (κ1) is 13.8. The van der Waals surface area contributed by atoms with Crippen LogP contribution in [0.2, 0.25) is 0 Å². The third kappa shape index (κ3) is 2.32. The molecular formula is C14H18N4O3. The zero-order chi connectivity index (χ0) is 15.0. The van der Waals surface area contributed by atoms with Crippen LogP contribution < -0.4 is 5.32 Å². The van der Waals surface area contributed by atoms with Crippen molar-refractivity contribution in [2.24, 2.45) is 11.3 Å². The van der Waals surface area contributed by atoms with Gasteiger partial charge in [0.25, 0.3) is 0 Å². The van der Waals surface area contributed by atoms with Gasteiger partial charge in [-0.05, 0) is 31.7 Å². The van der Waals surface area contributed by atoms with Crippen LogP contribution >= 0.6 is 0 Å². The lowest BCUT2D eigenvalue weighted by Crippen LogP contribution is -2.38. The highest BCUT2D eigenvalue weighted by Gasteiger charge is 2.55. The van der Waals surface area contributed by atoms with Crippen LogP contribution in [0.3, 0.4) is 0 Å². The molecule has 21 heavy (non-hydrogen) atoms. The number of likely N-dealkylation sites (tertiary alicyclic amines) is 1. The van der Waals surface area contributed by atoms with E-state index in [-0.39, 0.29) is 18.5 Å². The number of nitrogens with one attached hydrogen (secondary N) is 1. The van der Waals surface area contributed by atoms with Crippen LogP contribution in [0.5, 0.6) is 0 Å². The van der Waals surface area contributed by atoms with Crippen LogP contribution in [0.15, 0.2) is 12.3 Å². The average molecular weight is 290 g/mol. The summed E-state index contributed by atoms with van der Waals surface area (Å²) in [6, 6.07) is 1.33. The first-order chi connectivity index (χ1) is 10.0. The first-order valence-corrected chi connectivity index (χ1v) is 7.10. The summed E-state index contributed by atoms with van der Waals surface area (Å²) in [5, 5.41) is 12.2. The van der Waals surface area contributed by atoms with E-state index in [0.717, 1.165) is 12.8 Å². The maximum atomic E-state index is 12.3. The van der Waals surface area contributed by atoms with Gasteiger partial charge in [0, 0.05) is 19.3 Å². The summed E-state index contributed by atoms with van der Waals surface area (Å²) in [4.78, 5) is 33.6. The Morgan fingerprint density at radius 1 is 1.52 bits per heavy atom. The van der Waals surface area contributed by atoms with Gasteiger partial charge >= 0.3 is 12.0 Å². The van der Waals surface area contributed by atoms with E-state index in [1.165, 1.54) is 0 Å². The molecule has 2 amide bonds. The van der Waals surface area contributed by atoms with Gasteiger partial charge in [-0.25, -0.2) is 14.8 Å². The highest BCUT2D eigenvalue weighted by molar-refractivity contribution is 5.89. The molecule has 0 unspecified atom stereocenters. The molecule has 2 heterocycles. The molecule has 1 aromatic heterocycles. The number of amides is 2. The maximum absolute atomic E-state index is 12.3. The van der Waals surface area contributed by atoms with Crippen molar-refractivity contribution in [2.75, 3.05) is 18.4 Å². The highest BCUT2D eigenvalue weighted by Crippen LogP contribution is 2.48. The zero-order valence-corrected chi connectivity index (χ0v) is 11.9. The lowest BCUT2D eigenvalue weighted by Gasteiger charge is -2.23. The molecule has 1 saturated carbocycles. The fourth-order valence-electron chi connectivity index (χ4n) is 3.51. The molecule has 2 fully saturated rings. The van der Waals surface area contributed by atoms with Gasteiger partial charge in [-0.15, -0.1) is 0 Å². The SMILES string of the molecule is Cc1nccc(NC(=O)N2C[C@@H]3CCC[C@@]3(C(=O)O)C2)n1. The molecule has 112 valence electrons. The van der Waals surface area contributed by atoms with Gasteiger partial charge in [0.1, 0.15) is 11.6 Å². The second kappa shape index (κ2) is 4.98. The van der Waals surface area contributed by atoms with Crippen LogP contribution in [0, 0.1) is 18.3 Å². The van der Waals surface area contributed by atoms with Gasteiger partial charge in [0.05, 0.1) is 5.41 Å². The first-order valence-electron chi connectivity index (χ1n) is 7.10. The van der Waals surface area contributed by atoms with Crippen molar-refractivity contribution in [1.29, 1.82) is 0 Å². The zero-order valence-electron chi connectivity index (χ0n) is 11.9. The molecule has 3 rings (SSSR count). The summed E-state index contributed by atoms with van der Waals surface area (Å²) >= 11 is 0. The van der Waals surface area contributed by atoms with Crippen molar-refractivity contribution < 1.29 is 14.7 Å². The molecule has 2 atom stereocenters. The van der Waals surface area contributed by atoms with Crippen molar-refractivity contribution in [1.82, 2.24) is 14.9 Å². The Balaban J connectivity index is 1.71. The molecule has 2 N–H and O–H groups in total. The molecule has 7 nitrogen and oxygen atoms in total. The lowest BCUT2D eigenvalue weighted by atomic mass is 9.81. The number of carboxylic acid groups (broad SMARTS) is 1. The van der Waals surface area contributed by atoms with Gasteiger partial charge in [-0.2, -0.15) is 0 Å². The number of aryl methyl sites for hydroxylation is 1. The Morgan fingerprint density at radius 2 is 2.33 bits per heavy atom. The van der Waals surface area contributed by atoms with Gasteiger partial charge in [-0.1, -0.05) is 6.42 Å². The Bertz CT molecular complexity index is 591. The number of rotatable bonds is 2. The van der Waals surface area contributed by atoms with Crippen LogP contribution in [0.1, 0.15) is 25.1 Å². The maximum Gasteiger partial charge on any atom is 0.323 e. The van der Waals surface area contributed by atoms with Crippen molar-refractivity contribution in [2.45, 2.75) is 26.2 Å². The van der Waals surface area contributed by atoms with Gasteiger partial charge < -0.3 is 10.0 Å². The van der Waals surface area contributed by atoms with E-state index in [1.54, 1.807) is 24.1 Å². The number of aliphatic carboxylic acids is 1. The van der Waals surface area contributed by atoms with E-state index >= 15 is 0 Å². The van der Waals surface area contributed by atoms with E-state index < -0.39 is 11.4 Å². The van der Waals surface area contributed by atoms with Gasteiger partial charge in [0.2, 0.25) is 0 Å². The minimum Gasteiger partial charge on any atom is -0.481 e. The van der Waals surface area contributed by atoms with Crippen LogP contribution in [-0.2, 0) is 4.79 Å². The van der Waals surface area contributed by atoms with Gasteiger partial charge in [0.15, 0.2) is 0 Å². The number of aromatic nitrogens is 2. The van der Waals surface area contributed by atoms with Crippen LogP contribution in [-0.4, -0.2) is 45.1 Å². The minimum absolute atomic E-state index is 0.0629. The smallest absolute Gasteiger partial charge is 0.323 e. The van der Waals surface area contributed by atoms with E-state index in [4.69, 9.17) is 0 Å². The molecule has 1 aliphatic heterocycles. The second-order valence-corrected chi connectivity index (χ2v) is 5.85. The Hall–Kier alpha value is -2.18. The Morgan fingerprint density at radius 3 is 3.00 bits per heavy atom. The monoisotopic (exact) mass is 290 g/mol. The quantitative estimate of drug-likeness (QED) is 0.860. The van der Waals surface area contributed by atoms with E-state index in [2.05, 4.69) is 15.3 Å². The van der Waals surface area contributed by atoms with Gasteiger partial charge in [-0.3, -0.25) is 10.1 Å². The molecule has 1 aliphatic carbocycles. The largest absolute Gasteiger partial charge is 0.481 e. The summed E-state index contributed by atoms with van der Waals surface area (Å²) in [6.07, 6.45) is 4.04. The average Bonchev–Trinajstić information content (AvgIpc) is 2.95. The number of nitrogens with zero attached hydrogens (tertiary/aromatic N) is 3. The summed E-state index contributed by atoms with van der Waals surface area (Å²) in [6.45, 7) is 2.53. The number of hydrogen-bond acceptors (Lipinski definition) is 4. The molecule has 7 heteroatoms. The molecule has 0 radical (unpaired) electrons. The lowest BCUT2D eigenvalue weighted by molar-refractivity contribution is -0.149. The number of hydrogen-bond donors (Lipinski definition) is 2. The number of carbonyl (C=O) groups excluding carboxylic acids is 1. The third-order valence-corrected chi connectivity index (χ3v) is 4.59. The van der Waals surface area contributed by atoms with Crippen molar-refractivity contribution in [3.05, 3.63) is 18.1 Å². The molecule has 2 aliphatic rings. The van der Waals surface area contributed by atoms with Crippen molar-refractivity contribution >= 4 is 17.8 Å². The summed E-state index contributed by atoms with van der Waals surface area (Å²) in [5.74, 6) is 0.299. The normalized spacial score (nSPS) is 27.5. The van der Waals surface area contributed by atoms with Crippen LogP contribution in [0.25, 0.3) is 0 Å². The number of urea groups is 1. The minimum atomic E-state index is -0.779. The number of carbonyl (C=O) groups is 2. The number of carboxylic acids is 1. The predicted molar refractivity (Wildman–Crippen MR) is 74.8 cm³/mol. The number of fused-ring (bicyclic) bond motifs is 1. The Labute approximate surface area is 122 Å². The van der Waals surface area contributed by atoms with Crippen molar-refractivity contribution in [3.63, 3.8) is 0 Å². The van der Waals surface area contributed by atoms with E-state index in [1.807, 2.05) is 0 Å². The molecule has 0 aromatic carbocycles. The number of anilines is 1. The molecule has 0 spiro atoms. The fraction of sp³-hybridized carbons (Fsp3) is 0.571. The summed E-state index contributed by atoms with van der Waals surface area (Å²) in [7, 11) is 0. The second-order valence-electron chi connectivity index (χ2n) is 5.85. The summed E-state index contributed by atoms with van der Waals surface area (Å²) in [5.41, 5.74) is -0.751. The van der Waals surface area contributed by atoms with E-state index in [9.17, 15) is 14.7 Å². The predicted octanol–water partition coefficient (Wildman–Crippen LogP) is 1.50. The molecule has 1 aromatic rings. The molecule has 1 saturated heterocycles. The van der Waals surface area contributed by atoms with Crippen LogP contribution in [0.4, 0.5) is 10.6 Å². The third-order valence-electron chi connectivity index (χ3n) is 4.59. The van der Waals surface area contributed by atoms with Crippen molar-refractivity contribution in [3.8, 4) is 0 Å². The summed E-state index contributed by atoms with van der Waals surface area (Å²) < 4.78 is 0. The topological polar surface area (TPSA) is 95.4 Å². The van der Waals surface area contributed by atoms with E-state index in [0.29, 0.717) is 24.6 Å².